The molecule has 2 aromatic carbocycles. The standard InChI is InChI=1S/C20H20BrN3O6/c21-12-6-7-14-13(8-12)19(28)24(18(23-14)11-4-2-1-3-5-11)22-10-20(29)17(27)16(26)15(25)9-30-20/h1-8,15-17,22,25-27,29H,9-10H2/t15-,16-,17-,20+/m1/s1. The summed E-state index contributed by atoms with van der Waals surface area (Å²) in [6.45, 7) is -0.821. The molecule has 9 nitrogen and oxygen atoms in total. The summed E-state index contributed by atoms with van der Waals surface area (Å²) in [5.41, 5.74) is 3.49. The number of nitrogens with one attached hydrogen (secondary N) is 1. The highest BCUT2D eigenvalue weighted by Crippen LogP contribution is 2.25. The first-order valence-corrected chi connectivity index (χ1v) is 10.0. The molecule has 0 saturated carbocycles. The van der Waals surface area contributed by atoms with E-state index in [4.69, 9.17) is 4.74 Å². The molecule has 3 aromatic rings. The zero-order valence-electron chi connectivity index (χ0n) is 15.6. The first-order chi connectivity index (χ1) is 14.3. The number of benzene rings is 2. The molecule has 10 heteroatoms. The van der Waals surface area contributed by atoms with Gasteiger partial charge in [-0.05, 0) is 18.2 Å². The van der Waals surface area contributed by atoms with Crippen LogP contribution in [0.4, 0.5) is 0 Å². The van der Waals surface area contributed by atoms with Gasteiger partial charge < -0.3 is 30.6 Å². The molecule has 1 fully saturated rings. The van der Waals surface area contributed by atoms with Crippen LogP contribution in [-0.2, 0) is 4.74 Å². The van der Waals surface area contributed by atoms with E-state index in [9.17, 15) is 25.2 Å². The van der Waals surface area contributed by atoms with Crippen LogP contribution < -0.4 is 11.0 Å². The average molecular weight is 478 g/mol. The second-order valence-corrected chi connectivity index (χ2v) is 8.01. The molecule has 0 unspecified atom stereocenters. The fourth-order valence-electron chi connectivity index (χ4n) is 3.32. The Balaban J connectivity index is 1.77. The van der Waals surface area contributed by atoms with Crippen molar-refractivity contribution in [3.63, 3.8) is 0 Å². The van der Waals surface area contributed by atoms with Gasteiger partial charge in [-0.15, -0.1) is 0 Å². The van der Waals surface area contributed by atoms with Crippen LogP contribution in [0.2, 0.25) is 0 Å². The third-order valence-corrected chi connectivity index (χ3v) is 5.53. The van der Waals surface area contributed by atoms with E-state index < -0.39 is 36.2 Å². The van der Waals surface area contributed by atoms with Crippen LogP contribution >= 0.6 is 15.9 Å². The lowest BCUT2D eigenvalue weighted by Crippen LogP contribution is -2.64. The van der Waals surface area contributed by atoms with Crippen molar-refractivity contribution < 1.29 is 25.2 Å². The van der Waals surface area contributed by atoms with Crippen molar-refractivity contribution in [2.75, 3.05) is 18.6 Å². The molecule has 1 aliphatic heterocycles. The number of halogens is 1. The summed E-state index contributed by atoms with van der Waals surface area (Å²) in [5, 5.41) is 40.7. The lowest BCUT2D eigenvalue weighted by Gasteiger charge is -2.41. The van der Waals surface area contributed by atoms with E-state index in [-0.39, 0.29) is 6.61 Å². The van der Waals surface area contributed by atoms with Gasteiger partial charge in [-0.25, -0.2) is 9.66 Å². The van der Waals surface area contributed by atoms with Crippen molar-refractivity contribution in [3.8, 4) is 11.4 Å². The minimum absolute atomic E-state index is 0.296. The molecule has 30 heavy (non-hydrogen) atoms. The number of aliphatic hydroxyl groups is 4. The monoisotopic (exact) mass is 477 g/mol. The van der Waals surface area contributed by atoms with Gasteiger partial charge in [0.2, 0.25) is 5.79 Å². The lowest BCUT2D eigenvalue weighted by atomic mass is 9.97. The van der Waals surface area contributed by atoms with E-state index >= 15 is 0 Å². The molecule has 5 N–H and O–H groups in total. The van der Waals surface area contributed by atoms with Gasteiger partial charge in [-0.2, -0.15) is 0 Å². The molecule has 2 heterocycles. The summed E-state index contributed by atoms with van der Waals surface area (Å²) in [6.07, 6.45) is -4.71. The fraction of sp³-hybridized carbons (Fsp3) is 0.300. The largest absolute Gasteiger partial charge is 0.388 e. The summed E-state index contributed by atoms with van der Waals surface area (Å²) in [5.74, 6) is -1.93. The maximum absolute atomic E-state index is 13.2. The molecule has 4 atom stereocenters. The second-order valence-electron chi connectivity index (χ2n) is 7.10. The molecule has 1 aliphatic rings. The molecule has 1 aromatic heterocycles. The highest BCUT2D eigenvalue weighted by atomic mass is 79.9. The van der Waals surface area contributed by atoms with Gasteiger partial charge in [0.25, 0.3) is 5.56 Å². The summed E-state index contributed by atoms with van der Waals surface area (Å²) in [6, 6.07) is 14.1. The predicted octanol–water partition coefficient (Wildman–Crippen LogP) is 0.171. The van der Waals surface area contributed by atoms with Gasteiger partial charge >= 0.3 is 0 Å². The van der Waals surface area contributed by atoms with E-state index in [2.05, 4.69) is 26.3 Å². The summed E-state index contributed by atoms with van der Waals surface area (Å²) in [4.78, 5) is 17.8. The molecule has 0 bridgehead atoms. The van der Waals surface area contributed by atoms with Gasteiger partial charge in [0.05, 0.1) is 24.1 Å². The number of aromatic nitrogens is 2. The average Bonchev–Trinajstić information content (AvgIpc) is 2.75. The van der Waals surface area contributed by atoms with Gasteiger partial charge in [0, 0.05) is 10.0 Å². The Morgan fingerprint density at radius 2 is 1.93 bits per heavy atom. The van der Waals surface area contributed by atoms with E-state index in [1.807, 2.05) is 6.07 Å². The van der Waals surface area contributed by atoms with E-state index in [1.165, 1.54) is 0 Å². The van der Waals surface area contributed by atoms with Crippen LogP contribution in [0.25, 0.3) is 22.3 Å². The number of aliphatic hydroxyl groups excluding tert-OH is 3. The number of hydrogen-bond acceptors (Lipinski definition) is 8. The number of rotatable bonds is 4. The minimum Gasteiger partial charge on any atom is -0.388 e. The summed E-state index contributed by atoms with van der Waals surface area (Å²) < 4.78 is 7.03. The fourth-order valence-corrected chi connectivity index (χ4v) is 3.69. The van der Waals surface area contributed by atoms with Crippen molar-refractivity contribution in [1.82, 2.24) is 9.66 Å². The molecule has 4 rings (SSSR count). The molecule has 0 amide bonds. The van der Waals surface area contributed by atoms with Crippen LogP contribution in [-0.4, -0.2) is 67.3 Å². The summed E-state index contributed by atoms with van der Waals surface area (Å²) in [7, 11) is 0. The van der Waals surface area contributed by atoms with Crippen LogP contribution in [0.1, 0.15) is 0 Å². The molecule has 1 saturated heterocycles. The Bertz CT molecular complexity index is 1120. The number of nitrogens with zero attached hydrogens (tertiary/aromatic N) is 2. The zero-order valence-corrected chi connectivity index (χ0v) is 17.2. The molecule has 0 radical (unpaired) electrons. The highest BCUT2D eigenvalue weighted by molar-refractivity contribution is 9.10. The van der Waals surface area contributed by atoms with Crippen molar-refractivity contribution in [3.05, 3.63) is 63.4 Å². The van der Waals surface area contributed by atoms with E-state index in [0.717, 1.165) is 4.68 Å². The molecule has 0 aliphatic carbocycles. The van der Waals surface area contributed by atoms with Gasteiger partial charge in [0.15, 0.2) is 5.82 Å². The third kappa shape index (κ3) is 3.73. The van der Waals surface area contributed by atoms with Crippen molar-refractivity contribution in [2.45, 2.75) is 24.1 Å². The van der Waals surface area contributed by atoms with Crippen molar-refractivity contribution in [1.29, 1.82) is 0 Å². The zero-order chi connectivity index (χ0) is 21.5. The molecule has 0 spiro atoms. The first-order valence-electron chi connectivity index (χ1n) is 9.22. The maximum atomic E-state index is 13.2. The lowest BCUT2D eigenvalue weighted by molar-refractivity contribution is -0.314. The molecular weight excluding hydrogens is 458 g/mol. The van der Waals surface area contributed by atoms with E-state index in [1.54, 1.807) is 42.5 Å². The van der Waals surface area contributed by atoms with Crippen LogP contribution in [0.15, 0.2) is 57.8 Å². The Morgan fingerprint density at radius 3 is 2.67 bits per heavy atom. The molecule has 158 valence electrons. The molecular formula is C20H20BrN3O6. The first kappa shape index (κ1) is 20.9. The smallest absolute Gasteiger partial charge is 0.280 e. The number of fused-ring (bicyclic) bond motifs is 1. The topological polar surface area (TPSA) is 137 Å². The van der Waals surface area contributed by atoms with Crippen molar-refractivity contribution >= 4 is 26.8 Å². The van der Waals surface area contributed by atoms with Gasteiger partial charge in [0.1, 0.15) is 18.3 Å². The third-order valence-electron chi connectivity index (χ3n) is 5.04. The number of hydrogen-bond donors (Lipinski definition) is 5. The Morgan fingerprint density at radius 1 is 1.20 bits per heavy atom. The number of ether oxygens (including phenoxy) is 1. The quantitative estimate of drug-likeness (QED) is 0.358. The Kier molecular flexibility index (Phi) is 5.62. The van der Waals surface area contributed by atoms with E-state index in [0.29, 0.717) is 26.8 Å². The predicted molar refractivity (Wildman–Crippen MR) is 112 cm³/mol. The highest BCUT2D eigenvalue weighted by Gasteiger charge is 2.48. The van der Waals surface area contributed by atoms with Crippen LogP contribution in [0, 0.1) is 0 Å². The SMILES string of the molecule is O=c1c2cc(Br)ccc2nc(-c2ccccc2)n1NC[C@]1(O)OC[C@@H](O)[C@@H](O)[C@H]1O. The Labute approximate surface area is 179 Å². The minimum atomic E-state index is -2.22. The van der Waals surface area contributed by atoms with Crippen molar-refractivity contribution in [2.24, 2.45) is 0 Å². The van der Waals surface area contributed by atoms with Crippen LogP contribution in [0.3, 0.4) is 0 Å². The van der Waals surface area contributed by atoms with Gasteiger partial charge in [-0.3, -0.25) is 4.79 Å². The van der Waals surface area contributed by atoms with Crippen LogP contribution in [0.5, 0.6) is 0 Å². The summed E-state index contributed by atoms with van der Waals surface area (Å²) >= 11 is 3.34. The second kappa shape index (κ2) is 8.06. The normalized spacial score (nSPS) is 26.6. The van der Waals surface area contributed by atoms with Gasteiger partial charge in [-0.1, -0.05) is 46.3 Å². The maximum Gasteiger partial charge on any atom is 0.280 e. The Hall–Kier alpha value is -2.34.